The second-order valence-electron chi connectivity index (χ2n) is 4.51. The Morgan fingerprint density at radius 1 is 1.32 bits per heavy atom. The van der Waals surface area contributed by atoms with Crippen molar-refractivity contribution in [3.63, 3.8) is 0 Å². The molecule has 0 fully saturated rings. The highest BCUT2D eigenvalue weighted by Gasteiger charge is 2.10. The maximum absolute atomic E-state index is 5.76. The van der Waals surface area contributed by atoms with Gasteiger partial charge in [0.15, 0.2) is 0 Å². The fourth-order valence-electron chi connectivity index (χ4n) is 2.19. The number of hydrogen-bond donors (Lipinski definition) is 2. The SMILES string of the molecule is CCC(NCCc1ccccc1CN)c1nccs1. The zero-order valence-corrected chi connectivity index (χ0v) is 12.1. The van der Waals surface area contributed by atoms with Gasteiger partial charge in [0.25, 0.3) is 0 Å². The summed E-state index contributed by atoms with van der Waals surface area (Å²) in [5, 5.41) is 6.79. The third kappa shape index (κ3) is 3.86. The molecule has 3 N–H and O–H groups in total. The Labute approximate surface area is 118 Å². The van der Waals surface area contributed by atoms with Gasteiger partial charge in [0.05, 0.1) is 6.04 Å². The number of benzene rings is 1. The lowest BCUT2D eigenvalue weighted by molar-refractivity contribution is 0.520. The van der Waals surface area contributed by atoms with Crippen molar-refractivity contribution in [1.82, 2.24) is 10.3 Å². The van der Waals surface area contributed by atoms with Crippen molar-refractivity contribution in [2.24, 2.45) is 5.73 Å². The number of nitrogens with two attached hydrogens (primary N) is 1. The van der Waals surface area contributed by atoms with Gasteiger partial charge in [0.2, 0.25) is 0 Å². The molecule has 4 heteroatoms. The molecule has 19 heavy (non-hydrogen) atoms. The monoisotopic (exact) mass is 275 g/mol. The van der Waals surface area contributed by atoms with E-state index in [4.69, 9.17) is 5.73 Å². The van der Waals surface area contributed by atoms with E-state index in [9.17, 15) is 0 Å². The van der Waals surface area contributed by atoms with Crippen LogP contribution in [0.25, 0.3) is 0 Å². The van der Waals surface area contributed by atoms with Gasteiger partial charge in [-0.15, -0.1) is 11.3 Å². The van der Waals surface area contributed by atoms with Crippen LogP contribution in [0.4, 0.5) is 0 Å². The molecule has 0 aliphatic heterocycles. The highest BCUT2D eigenvalue weighted by atomic mass is 32.1. The van der Waals surface area contributed by atoms with E-state index in [0.29, 0.717) is 12.6 Å². The van der Waals surface area contributed by atoms with Crippen LogP contribution in [0.1, 0.15) is 35.5 Å². The average molecular weight is 275 g/mol. The summed E-state index contributed by atoms with van der Waals surface area (Å²) in [6.45, 7) is 3.75. The summed E-state index contributed by atoms with van der Waals surface area (Å²) in [7, 11) is 0. The predicted molar refractivity (Wildman–Crippen MR) is 81.2 cm³/mol. The number of rotatable bonds is 7. The van der Waals surface area contributed by atoms with Gasteiger partial charge in [0, 0.05) is 18.1 Å². The Morgan fingerprint density at radius 2 is 2.11 bits per heavy atom. The molecule has 0 saturated carbocycles. The summed E-state index contributed by atoms with van der Waals surface area (Å²) < 4.78 is 0. The van der Waals surface area contributed by atoms with E-state index in [0.717, 1.165) is 19.4 Å². The van der Waals surface area contributed by atoms with Gasteiger partial charge in [-0.25, -0.2) is 4.98 Å². The van der Waals surface area contributed by atoms with Crippen molar-refractivity contribution >= 4 is 11.3 Å². The van der Waals surface area contributed by atoms with Gasteiger partial charge in [-0.05, 0) is 30.5 Å². The van der Waals surface area contributed by atoms with Crippen molar-refractivity contribution in [3.05, 3.63) is 52.0 Å². The third-order valence-corrected chi connectivity index (χ3v) is 4.17. The Kier molecular flexibility index (Phi) is 5.51. The van der Waals surface area contributed by atoms with Gasteiger partial charge >= 0.3 is 0 Å². The number of aromatic nitrogens is 1. The molecule has 1 aromatic heterocycles. The van der Waals surface area contributed by atoms with Crippen molar-refractivity contribution in [2.75, 3.05) is 6.54 Å². The lowest BCUT2D eigenvalue weighted by Crippen LogP contribution is -2.23. The van der Waals surface area contributed by atoms with Crippen LogP contribution in [0.3, 0.4) is 0 Å². The van der Waals surface area contributed by atoms with Gasteiger partial charge in [-0.3, -0.25) is 0 Å². The molecule has 1 heterocycles. The molecule has 1 unspecified atom stereocenters. The van der Waals surface area contributed by atoms with Crippen LogP contribution in [-0.2, 0) is 13.0 Å². The van der Waals surface area contributed by atoms with Gasteiger partial charge in [-0.1, -0.05) is 31.2 Å². The molecule has 0 aliphatic rings. The topological polar surface area (TPSA) is 50.9 Å². The molecule has 0 saturated heterocycles. The van der Waals surface area contributed by atoms with E-state index >= 15 is 0 Å². The van der Waals surface area contributed by atoms with Crippen molar-refractivity contribution in [2.45, 2.75) is 32.4 Å². The Hall–Kier alpha value is -1.23. The summed E-state index contributed by atoms with van der Waals surface area (Å²) in [5.74, 6) is 0. The standard InChI is InChI=1S/C15H21N3S/c1-2-14(15-18-9-10-19-15)17-8-7-12-5-3-4-6-13(12)11-16/h3-6,9-10,14,17H,2,7-8,11,16H2,1H3. The Bertz CT molecular complexity index is 482. The van der Waals surface area contributed by atoms with Crippen molar-refractivity contribution in [3.8, 4) is 0 Å². The summed E-state index contributed by atoms with van der Waals surface area (Å²) in [6, 6.07) is 8.75. The molecule has 2 aromatic rings. The molecule has 3 nitrogen and oxygen atoms in total. The number of thiazole rings is 1. The maximum Gasteiger partial charge on any atom is 0.109 e. The first-order valence-electron chi connectivity index (χ1n) is 6.74. The van der Waals surface area contributed by atoms with E-state index in [1.165, 1.54) is 16.1 Å². The first-order chi connectivity index (χ1) is 9.35. The molecule has 0 bridgehead atoms. The normalized spacial score (nSPS) is 12.5. The Morgan fingerprint density at radius 3 is 2.74 bits per heavy atom. The molecular weight excluding hydrogens is 254 g/mol. The van der Waals surface area contributed by atoms with Crippen molar-refractivity contribution < 1.29 is 0 Å². The molecule has 1 aromatic carbocycles. The molecular formula is C15H21N3S. The predicted octanol–water partition coefficient (Wildman–Crippen LogP) is 2.89. The second-order valence-corrected chi connectivity index (χ2v) is 5.43. The van der Waals surface area contributed by atoms with Crippen LogP contribution in [0.2, 0.25) is 0 Å². The smallest absolute Gasteiger partial charge is 0.109 e. The molecule has 0 spiro atoms. The fraction of sp³-hybridized carbons (Fsp3) is 0.400. The minimum absolute atomic E-state index is 0.366. The first kappa shape index (κ1) is 14.2. The minimum atomic E-state index is 0.366. The maximum atomic E-state index is 5.76. The van der Waals surface area contributed by atoms with Crippen molar-refractivity contribution in [1.29, 1.82) is 0 Å². The Balaban J connectivity index is 1.89. The molecule has 0 aliphatic carbocycles. The van der Waals surface area contributed by atoms with E-state index in [-0.39, 0.29) is 0 Å². The molecule has 0 radical (unpaired) electrons. The van der Waals surface area contributed by atoms with Crippen LogP contribution < -0.4 is 11.1 Å². The van der Waals surface area contributed by atoms with E-state index in [2.05, 4.69) is 35.4 Å². The lowest BCUT2D eigenvalue weighted by Gasteiger charge is -2.15. The fourth-order valence-corrected chi connectivity index (χ4v) is 2.99. The van der Waals surface area contributed by atoms with Crippen LogP contribution in [0.15, 0.2) is 35.8 Å². The number of nitrogens with zero attached hydrogens (tertiary/aromatic N) is 1. The summed E-state index contributed by atoms with van der Waals surface area (Å²) in [4.78, 5) is 4.38. The van der Waals surface area contributed by atoms with Crippen LogP contribution in [-0.4, -0.2) is 11.5 Å². The van der Waals surface area contributed by atoms with Crippen LogP contribution in [0, 0.1) is 0 Å². The minimum Gasteiger partial charge on any atom is -0.326 e. The third-order valence-electron chi connectivity index (χ3n) is 3.28. The van der Waals surface area contributed by atoms with Gasteiger partial charge in [0.1, 0.15) is 5.01 Å². The summed E-state index contributed by atoms with van der Waals surface area (Å²) >= 11 is 1.72. The highest BCUT2D eigenvalue weighted by molar-refractivity contribution is 7.09. The van der Waals surface area contributed by atoms with Crippen LogP contribution in [0.5, 0.6) is 0 Å². The number of hydrogen-bond acceptors (Lipinski definition) is 4. The summed E-state index contributed by atoms with van der Waals surface area (Å²) in [6.07, 6.45) is 3.94. The molecule has 2 rings (SSSR count). The second kappa shape index (κ2) is 7.38. The molecule has 1 atom stereocenters. The largest absolute Gasteiger partial charge is 0.326 e. The van der Waals surface area contributed by atoms with E-state index in [1.54, 1.807) is 11.3 Å². The molecule has 0 amide bonds. The lowest BCUT2D eigenvalue weighted by atomic mass is 10.0. The van der Waals surface area contributed by atoms with E-state index in [1.807, 2.05) is 17.6 Å². The molecule has 102 valence electrons. The van der Waals surface area contributed by atoms with Gasteiger partial charge < -0.3 is 11.1 Å². The average Bonchev–Trinajstić information content (AvgIpc) is 2.98. The zero-order chi connectivity index (χ0) is 13.5. The summed E-state index contributed by atoms with van der Waals surface area (Å²) in [5.41, 5.74) is 8.34. The first-order valence-corrected chi connectivity index (χ1v) is 7.62. The van der Waals surface area contributed by atoms with Gasteiger partial charge in [-0.2, -0.15) is 0 Å². The van der Waals surface area contributed by atoms with E-state index < -0.39 is 0 Å². The van der Waals surface area contributed by atoms with Crippen LogP contribution >= 0.6 is 11.3 Å². The highest BCUT2D eigenvalue weighted by Crippen LogP contribution is 2.18. The number of nitrogens with one attached hydrogen (secondary N) is 1. The quantitative estimate of drug-likeness (QED) is 0.817. The zero-order valence-electron chi connectivity index (χ0n) is 11.3.